The van der Waals surface area contributed by atoms with Crippen molar-refractivity contribution >= 4 is 5.82 Å². The molecule has 6 nitrogen and oxygen atoms in total. The van der Waals surface area contributed by atoms with E-state index in [1.54, 1.807) is 12.3 Å². The first-order valence-corrected chi connectivity index (χ1v) is 12.6. The van der Waals surface area contributed by atoms with E-state index in [0.717, 1.165) is 41.8 Å². The molecule has 0 aliphatic carbocycles. The number of morpholine rings is 1. The summed E-state index contributed by atoms with van der Waals surface area (Å²) < 4.78 is 48.1. The summed E-state index contributed by atoms with van der Waals surface area (Å²) in [6, 6.07) is 19.2. The Balaban J connectivity index is 1.55. The summed E-state index contributed by atoms with van der Waals surface area (Å²) in [5.41, 5.74) is 2.91. The number of hydrogen-bond acceptors (Lipinski definition) is 5. The van der Waals surface area contributed by atoms with Gasteiger partial charge in [0, 0.05) is 43.5 Å². The summed E-state index contributed by atoms with van der Waals surface area (Å²) in [4.78, 5) is 11.6. The van der Waals surface area contributed by atoms with E-state index in [0.29, 0.717) is 36.8 Å². The number of rotatable bonds is 7. The zero-order valence-corrected chi connectivity index (χ0v) is 21.4. The van der Waals surface area contributed by atoms with Gasteiger partial charge in [-0.25, -0.2) is 9.97 Å². The van der Waals surface area contributed by atoms with Crippen molar-refractivity contribution in [1.82, 2.24) is 19.4 Å². The Hall–Kier alpha value is -3.69. The predicted octanol–water partition coefficient (Wildman–Crippen LogP) is 6.17. The third-order valence-electron chi connectivity index (χ3n) is 6.82. The molecule has 1 saturated heterocycles. The molecule has 1 unspecified atom stereocenters. The molecular weight excluding hydrogens is 491 g/mol. The highest BCUT2D eigenvalue weighted by Crippen LogP contribution is 2.37. The largest absolute Gasteiger partial charge is 0.416 e. The third kappa shape index (κ3) is 5.74. The van der Waals surface area contributed by atoms with Crippen LogP contribution in [0.3, 0.4) is 0 Å². The molecule has 2 aromatic carbocycles. The Labute approximate surface area is 220 Å². The van der Waals surface area contributed by atoms with Gasteiger partial charge >= 0.3 is 6.18 Å². The van der Waals surface area contributed by atoms with E-state index in [9.17, 15) is 13.2 Å². The van der Waals surface area contributed by atoms with Crippen molar-refractivity contribution in [2.75, 3.05) is 31.6 Å². The lowest BCUT2D eigenvalue weighted by atomic mass is 10.0. The maximum absolute atomic E-state index is 13.6. The molecule has 1 fully saturated rings. The average Bonchev–Trinajstić information content (AvgIpc) is 3.25. The predicted molar refractivity (Wildman–Crippen MR) is 141 cm³/mol. The zero-order valence-electron chi connectivity index (χ0n) is 21.4. The summed E-state index contributed by atoms with van der Waals surface area (Å²) in [6.45, 7) is 5.49. The molecule has 198 valence electrons. The van der Waals surface area contributed by atoms with E-state index in [1.807, 2.05) is 54.1 Å². The van der Waals surface area contributed by atoms with Crippen molar-refractivity contribution in [2.45, 2.75) is 25.7 Å². The highest BCUT2D eigenvalue weighted by atomic mass is 19.4. The number of imidazole rings is 1. The standard InChI is InChI=1S/C29H30F3N5O/c1-20(21-7-4-3-5-8-21)34-25-18-23(11-12-33-25)28-27(22-9-6-10-24(17-22)29(30,31)32)35-26(36(28)2)19-37-13-15-38-16-14-37/h3-12,17-18,20H,13-16,19H2,1-2H3,(H,33,34). The van der Waals surface area contributed by atoms with Gasteiger partial charge in [-0.05, 0) is 36.8 Å². The van der Waals surface area contributed by atoms with Crippen LogP contribution in [0.2, 0.25) is 0 Å². The molecule has 0 amide bonds. The van der Waals surface area contributed by atoms with Crippen molar-refractivity contribution in [3.63, 3.8) is 0 Å². The van der Waals surface area contributed by atoms with Gasteiger partial charge < -0.3 is 14.6 Å². The lowest BCUT2D eigenvalue weighted by Crippen LogP contribution is -2.36. The number of hydrogen-bond donors (Lipinski definition) is 1. The number of nitrogens with zero attached hydrogens (tertiary/aromatic N) is 4. The summed E-state index contributed by atoms with van der Waals surface area (Å²) in [5.74, 6) is 1.45. The third-order valence-corrected chi connectivity index (χ3v) is 6.82. The minimum Gasteiger partial charge on any atom is -0.379 e. The lowest BCUT2D eigenvalue weighted by molar-refractivity contribution is -0.137. The fourth-order valence-corrected chi connectivity index (χ4v) is 4.72. The molecule has 3 heterocycles. The highest BCUT2D eigenvalue weighted by Gasteiger charge is 2.31. The number of halogens is 3. The zero-order chi connectivity index (χ0) is 26.7. The van der Waals surface area contributed by atoms with Gasteiger partial charge in [-0.15, -0.1) is 0 Å². The monoisotopic (exact) mass is 521 g/mol. The topological polar surface area (TPSA) is 55.2 Å². The van der Waals surface area contributed by atoms with Crippen LogP contribution in [-0.2, 0) is 24.5 Å². The van der Waals surface area contributed by atoms with E-state index in [2.05, 4.69) is 22.1 Å². The second-order valence-electron chi connectivity index (χ2n) is 9.46. The van der Waals surface area contributed by atoms with Gasteiger partial charge in [0.1, 0.15) is 11.6 Å². The first-order valence-electron chi connectivity index (χ1n) is 12.6. The Kier molecular flexibility index (Phi) is 7.49. The molecule has 1 atom stereocenters. The van der Waals surface area contributed by atoms with Gasteiger partial charge in [0.05, 0.1) is 36.7 Å². The quantitative estimate of drug-likeness (QED) is 0.315. The fraction of sp³-hybridized carbons (Fsp3) is 0.310. The van der Waals surface area contributed by atoms with E-state index in [4.69, 9.17) is 9.72 Å². The van der Waals surface area contributed by atoms with Crippen molar-refractivity contribution in [2.24, 2.45) is 7.05 Å². The molecule has 1 aliphatic rings. The number of aromatic nitrogens is 3. The van der Waals surface area contributed by atoms with Crippen LogP contribution >= 0.6 is 0 Å². The van der Waals surface area contributed by atoms with Crippen molar-refractivity contribution in [3.05, 3.63) is 89.9 Å². The maximum Gasteiger partial charge on any atom is 0.416 e. The number of alkyl halides is 3. The van der Waals surface area contributed by atoms with Gasteiger partial charge in [-0.2, -0.15) is 13.2 Å². The molecule has 38 heavy (non-hydrogen) atoms. The number of benzene rings is 2. The Bertz CT molecular complexity index is 1380. The molecule has 0 saturated carbocycles. The highest BCUT2D eigenvalue weighted by molar-refractivity contribution is 5.80. The van der Waals surface area contributed by atoms with E-state index in [-0.39, 0.29) is 6.04 Å². The molecule has 5 rings (SSSR count). The number of ether oxygens (including phenoxy) is 1. The van der Waals surface area contributed by atoms with Crippen molar-refractivity contribution < 1.29 is 17.9 Å². The molecule has 2 aromatic heterocycles. The van der Waals surface area contributed by atoms with Crippen LogP contribution in [-0.4, -0.2) is 45.7 Å². The van der Waals surface area contributed by atoms with Crippen molar-refractivity contribution in [3.8, 4) is 22.5 Å². The van der Waals surface area contributed by atoms with Crippen LogP contribution in [0, 0.1) is 0 Å². The van der Waals surface area contributed by atoms with Gasteiger partial charge in [-0.3, -0.25) is 4.90 Å². The van der Waals surface area contributed by atoms with Crippen LogP contribution in [0.1, 0.15) is 29.9 Å². The average molecular weight is 522 g/mol. The summed E-state index contributed by atoms with van der Waals surface area (Å²) in [5, 5.41) is 3.44. The van der Waals surface area contributed by atoms with Gasteiger partial charge in [0.2, 0.25) is 0 Å². The summed E-state index contributed by atoms with van der Waals surface area (Å²) >= 11 is 0. The first-order chi connectivity index (χ1) is 18.3. The van der Waals surface area contributed by atoms with Crippen LogP contribution in [0.4, 0.5) is 19.0 Å². The maximum atomic E-state index is 13.6. The number of pyridine rings is 1. The van der Waals surface area contributed by atoms with Gasteiger partial charge in [0.25, 0.3) is 0 Å². The van der Waals surface area contributed by atoms with Crippen LogP contribution < -0.4 is 5.32 Å². The molecule has 0 bridgehead atoms. The van der Waals surface area contributed by atoms with Crippen LogP contribution in [0.5, 0.6) is 0 Å². The van der Waals surface area contributed by atoms with Crippen LogP contribution in [0.25, 0.3) is 22.5 Å². The van der Waals surface area contributed by atoms with E-state index >= 15 is 0 Å². The molecule has 1 aliphatic heterocycles. The first kappa shape index (κ1) is 25.9. The smallest absolute Gasteiger partial charge is 0.379 e. The SMILES string of the molecule is CC(Nc1cc(-c2c(-c3cccc(C(F)(F)F)c3)nc(CN3CCOCC3)n2C)ccn1)c1ccccc1. The molecule has 9 heteroatoms. The summed E-state index contributed by atoms with van der Waals surface area (Å²) in [6.07, 6.45) is -2.73. The molecule has 0 radical (unpaired) electrons. The number of nitrogens with one attached hydrogen (secondary N) is 1. The van der Waals surface area contributed by atoms with E-state index in [1.165, 1.54) is 12.1 Å². The molecule has 1 N–H and O–H groups in total. The lowest BCUT2D eigenvalue weighted by Gasteiger charge is -2.26. The second-order valence-corrected chi connectivity index (χ2v) is 9.46. The fourth-order valence-electron chi connectivity index (χ4n) is 4.72. The minimum absolute atomic E-state index is 0.0188. The molecule has 0 spiro atoms. The second kappa shape index (κ2) is 11.0. The molecular formula is C29H30F3N5O. The van der Waals surface area contributed by atoms with Crippen molar-refractivity contribution in [1.29, 1.82) is 0 Å². The normalized spacial score (nSPS) is 15.4. The molecule has 4 aromatic rings. The Morgan fingerprint density at radius 1 is 0.974 bits per heavy atom. The summed E-state index contributed by atoms with van der Waals surface area (Å²) in [7, 11) is 1.91. The van der Waals surface area contributed by atoms with Gasteiger partial charge in [0.15, 0.2) is 0 Å². The van der Waals surface area contributed by atoms with Crippen LogP contribution in [0.15, 0.2) is 72.9 Å². The minimum atomic E-state index is -4.44. The van der Waals surface area contributed by atoms with Gasteiger partial charge in [-0.1, -0.05) is 42.5 Å². The number of anilines is 1. The Morgan fingerprint density at radius 2 is 1.74 bits per heavy atom. The van der Waals surface area contributed by atoms with E-state index < -0.39 is 11.7 Å². The Morgan fingerprint density at radius 3 is 2.47 bits per heavy atom.